The van der Waals surface area contributed by atoms with E-state index in [0.29, 0.717) is 11.3 Å². The largest absolute Gasteiger partial charge is 0.508 e. The third kappa shape index (κ3) is 4.87. The number of phenolic OH excluding ortho intramolecular Hbond substituents is 1. The van der Waals surface area contributed by atoms with Crippen molar-refractivity contribution >= 4 is 50.7 Å². The number of aliphatic hydroxyl groups excluding tert-OH is 2. The summed E-state index contributed by atoms with van der Waals surface area (Å²) in [6.07, 6.45) is -1.72. The highest BCUT2D eigenvalue weighted by atomic mass is 79.9. The highest BCUT2D eigenvalue weighted by molar-refractivity contribution is 9.10. The molecule has 2 aromatic rings. The van der Waals surface area contributed by atoms with Crippen LogP contribution in [0.25, 0.3) is 0 Å². The van der Waals surface area contributed by atoms with E-state index in [1.165, 1.54) is 4.90 Å². The Morgan fingerprint density at radius 1 is 1.09 bits per heavy atom. The topological polar surface area (TPSA) is 194 Å². The molecular weight excluding hydrogens is 636 g/mol. The third-order valence-corrected chi connectivity index (χ3v) is 9.70. The van der Waals surface area contributed by atoms with Crippen LogP contribution >= 0.6 is 15.9 Å². The maximum atomic E-state index is 14.2. The van der Waals surface area contributed by atoms with Crippen molar-refractivity contribution in [2.24, 2.45) is 23.5 Å². The van der Waals surface area contributed by atoms with Gasteiger partial charge in [-0.15, -0.1) is 0 Å². The normalized spacial score (nSPS) is 27.9. The molecule has 3 aliphatic carbocycles. The third-order valence-electron chi connectivity index (χ3n) is 9.17. The van der Waals surface area contributed by atoms with Crippen LogP contribution in [0.4, 0.5) is 11.4 Å². The molecule has 5 rings (SSSR count). The van der Waals surface area contributed by atoms with Crippen molar-refractivity contribution in [2.45, 2.75) is 37.0 Å². The summed E-state index contributed by atoms with van der Waals surface area (Å²) < 4.78 is 0.856. The summed E-state index contributed by atoms with van der Waals surface area (Å²) in [5.74, 6) is -7.71. The number of Topliss-reactive ketones (excluding diaryl/α,β-unsaturated/α-hetero) is 2. The number of ketones is 2. The van der Waals surface area contributed by atoms with E-state index in [-0.39, 0.29) is 30.5 Å². The summed E-state index contributed by atoms with van der Waals surface area (Å²) in [6, 6.07) is 7.62. The smallest absolute Gasteiger partial charge is 0.255 e. The van der Waals surface area contributed by atoms with Crippen LogP contribution in [-0.4, -0.2) is 94.6 Å². The van der Waals surface area contributed by atoms with Crippen LogP contribution in [0.5, 0.6) is 5.75 Å². The average molecular weight is 672 g/mol. The number of nitrogens with zero attached hydrogens (tertiary/aromatic N) is 2. The molecule has 2 amide bonds. The quantitative estimate of drug-likeness (QED) is 0.193. The number of aromatic hydroxyl groups is 1. The molecule has 1 fully saturated rings. The first-order valence-corrected chi connectivity index (χ1v) is 14.9. The Morgan fingerprint density at radius 3 is 2.30 bits per heavy atom. The Kier molecular flexibility index (Phi) is 8.12. The van der Waals surface area contributed by atoms with Gasteiger partial charge in [0, 0.05) is 30.2 Å². The van der Waals surface area contributed by atoms with Gasteiger partial charge in [-0.25, -0.2) is 0 Å². The number of carbonyl (C=O) groups is 4. The molecule has 234 valence electrons. The molecule has 0 saturated heterocycles. The number of aliphatic hydroxyl groups is 3. The molecule has 3 aliphatic rings. The first-order valence-electron chi connectivity index (χ1n) is 14.1. The minimum atomic E-state index is -2.54. The van der Waals surface area contributed by atoms with Gasteiger partial charge in [0.25, 0.3) is 5.91 Å². The molecule has 0 aromatic heterocycles. The van der Waals surface area contributed by atoms with Gasteiger partial charge in [-0.3, -0.25) is 24.1 Å². The van der Waals surface area contributed by atoms with Crippen molar-refractivity contribution in [3.05, 3.63) is 62.8 Å². The predicted octanol–water partition coefficient (Wildman–Crippen LogP) is 1.30. The van der Waals surface area contributed by atoms with Crippen molar-refractivity contribution in [1.82, 2.24) is 4.90 Å². The Hall–Kier alpha value is -3.78. The first-order chi connectivity index (χ1) is 20.6. The number of carbonyl (C=O) groups excluding carboxylic acids is 4. The van der Waals surface area contributed by atoms with Crippen LogP contribution in [0.3, 0.4) is 0 Å². The fourth-order valence-corrected chi connectivity index (χ4v) is 7.48. The zero-order valence-electron chi connectivity index (χ0n) is 24.7. The van der Waals surface area contributed by atoms with Gasteiger partial charge in [-0.1, -0.05) is 28.1 Å². The Labute approximate surface area is 262 Å². The molecule has 0 spiro atoms. The molecule has 1 saturated carbocycles. The number of rotatable bonds is 6. The number of benzene rings is 2. The number of nitrogens with one attached hydrogen (secondary N) is 1. The lowest BCUT2D eigenvalue weighted by atomic mass is 9.53. The highest BCUT2D eigenvalue weighted by Crippen LogP contribution is 2.55. The average Bonchev–Trinajstić information content (AvgIpc) is 2.93. The molecule has 5 unspecified atom stereocenters. The van der Waals surface area contributed by atoms with Crippen molar-refractivity contribution in [3.63, 3.8) is 0 Å². The van der Waals surface area contributed by atoms with E-state index < -0.39 is 76.0 Å². The molecule has 12 nitrogen and oxygen atoms in total. The number of hydrogen-bond acceptors (Lipinski definition) is 10. The van der Waals surface area contributed by atoms with E-state index in [2.05, 4.69) is 21.2 Å². The van der Waals surface area contributed by atoms with E-state index >= 15 is 0 Å². The maximum Gasteiger partial charge on any atom is 0.255 e. The number of likely N-dealkylation sites (N-methyl/N-ethyl adjacent to an activating group) is 1. The lowest BCUT2D eigenvalue weighted by molar-refractivity contribution is -0.183. The van der Waals surface area contributed by atoms with Gasteiger partial charge in [0.1, 0.15) is 23.2 Å². The maximum absolute atomic E-state index is 14.2. The molecule has 6 atom stereocenters. The molecular formula is C31H35BrN4O8. The number of hydrogen-bond donors (Lipinski definition) is 6. The summed E-state index contributed by atoms with van der Waals surface area (Å²) in [5, 5.41) is 48.7. The minimum Gasteiger partial charge on any atom is -0.508 e. The minimum absolute atomic E-state index is 0.00191. The number of anilines is 2. The molecule has 2 aromatic carbocycles. The number of amides is 2. The van der Waals surface area contributed by atoms with Gasteiger partial charge >= 0.3 is 0 Å². The van der Waals surface area contributed by atoms with E-state index in [4.69, 9.17) is 5.73 Å². The van der Waals surface area contributed by atoms with Gasteiger partial charge in [0.2, 0.25) is 5.91 Å². The first kappa shape index (κ1) is 31.6. The number of halogens is 1. The van der Waals surface area contributed by atoms with Crippen LogP contribution in [0.15, 0.2) is 46.1 Å². The van der Waals surface area contributed by atoms with Gasteiger partial charge in [0.15, 0.2) is 17.2 Å². The fourth-order valence-electron chi connectivity index (χ4n) is 7.21. The molecule has 0 heterocycles. The van der Waals surface area contributed by atoms with Crippen molar-refractivity contribution in [2.75, 3.05) is 38.4 Å². The van der Waals surface area contributed by atoms with Crippen molar-refractivity contribution in [3.8, 4) is 5.75 Å². The van der Waals surface area contributed by atoms with Crippen LogP contribution in [-0.2, 0) is 27.2 Å². The van der Waals surface area contributed by atoms with Crippen molar-refractivity contribution < 1.29 is 39.6 Å². The Bertz CT molecular complexity index is 1600. The zero-order valence-corrected chi connectivity index (χ0v) is 26.3. The number of nitrogens with two attached hydrogens (primary N) is 1. The van der Waals surface area contributed by atoms with Crippen LogP contribution < -0.4 is 16.0 Å². The van der Waals surface area contributed by atoms with Crippen LogP contribution in [0.1, 0.15) is 27.9 Å². The summed E-state index contributed by atoms with van der Waals surface area (Å²) >= 11 is 3.35. The SMILES string of the molecule is CN(C)c1cc(NC(=O)Cc2ccc(Br)cc2)c(O)c2c1CC1CC3[C@H](N(C)C)C(=O)C(C(N)=O)=C(O)C3(O)C(O)C1C2=O. The van der Waals surface area contributed by atoms with E-state index in [9.17, 15) is 39.6 Å². The highest BCUT2D eigenvalue weighted by Gasteiger charge is 2.66. The monoisotopic (exact) mass is 670 g/mol. The van der Waals surface area contributed by atoms with Gasteiger partial charge in [-0.2, -0.15) is 0 Å². The molecule has 0 aliphatic heterocycles. The van der Waals surface area contributed by atoms with Gasteiger partial charge < -0.3 is 36.4 Å². The lowest BCUT2D eigenvalue weighted by Gasteiger charge is -2.55. The van der Waals surface area contributed by atoms with E-state index in [1.807, 2.05) is 0 Å². The molecule has 44 heavy (non-hydrogen) atoms. The summed E-state index contributed by atoms with van der Waals surface area (Å²) in [4.78, 5) is 55.9. The second-order valence-corrected chi connectivity index (χ2v) is 13.1. The number of phenols is 1. The van der Waals surface area contributed by atoms with Gasteiger partial charge in [0.05, 0.1) is 29.6 Å². The predicted molar refractivity (Wildman–Crippen MR) is 164 cm³/mol. The summed E-state index contributed by atoms with van der Waals surface area (Å²) in [7, 11) is 6.64. The molecule has 13 heteroatoms. The van der Waals surface area contributed by atoms with Gasteiger partial charge in [-0.05, 0) is 62.2 Å². The number of fused-ring (bicyclic) bond motifs is 3. The molecule has 7 N–H and O–H groups in total. The standard InChI is InChI=1S/C31H35BrN4O8/c1-35(2)19-12-18(34-20(37)9-13-5-7-15(32)8-6-13)25(38)22-16(19)10-14-11-17-24(36(3)4)27(40)23(30(33)43)29(42)31(17,44)28(41)21(14)26(22)39/h5-8,12,14,17,21,24,28,38,41-42,44H,9-11H2,1-4H3,(H2,33,43)(H,34,37)/t14?,17?,21?,24-,28?,31?/m0/s1. The second-order valence-electron chi connectivity index (χ2n) is 12.2. The number of primary amides is 1. The van der Waals surface area contributed by atoms with Crippen molar-refractivity contribution in [1.29, 1.82) is 0 Å². The fraction of sp³-hybridized carbons (Fsp3) is 0.419. The summed E-state index contributed by atoms with van der Waals surface area (Å²) in [6.45, 7) is 0. The van der Waals surface area contributed by atoms with Crippen LogP contribution in [0.2, 0.25) is 0 Å². The summed E-state index contributed by atoms with van der Waals surface area (Å²) in [5.41, 5.74) is 3.70. The molecule has 0 radical (unpaired) electrons. The van der Waals surface area contributed by atoms with E-state index in [1.54, 1.807) is 63.4 Å². The lowest BCUT2D eigenvalue weighted by Crippen LogP contribution is -2.69. The zero-order chi connectivity index (χ0) is 32.4. The van der Waals surface area contributed by atoms with Crippen LogP contribution in [0, 0.1) is 17.8 Å². The Morgan fingerprint density at radius 2 is 1.73 bits per heavy atom. The Balaban J connectivity index is 1.58. The second kappa shape index (κ2) is 11.3. The molecule has 0 bridgehead atoms. The van der Waals surface area contributed by atoms with E-state index in [0.717, 1.165) is 10.0 Å².